The van der Waals surface area contributed by atoms with E-state index in [2.05, 4.69) is 5.23 Å². The number of nitrogens with one attached hydrogen (secondary N) is 1. The van der Waals surface area contributed by atoms with E-state index in [4.69, 9.17) is 4.65 Å². The van der Waals surface area contributed by atoms with Crippen LogP contribution in [0.25, 0.3) is 0 Å². The molecule has 1 fully saturated rings. The lowest BCUT2D eigenvalue weighted by molar-refractivity contribution is 0.183. The predicted molar refractivity (Wildman–Crippen MR) is 76.9 cm³/mol. The van der Waals surface area contributed by atoms with E-state index in [0.717, 1.165) is 11.0 Å². The zero-order valence-corrected chi connectivity index (χ0v) is 10.9. The average molecular weight is 254 g/mol. The van der Waals surface area contributed by atoms with Crippen molar-refractivity contribution in [1.29, 1.82) is 0 Å². The van der Waals surface area contributed by atoms with Gasteiger partial charge in [-0.05, 0) is 11.6 Å². The third-order valence-corrected chi connectivity index (χ3v) is 3.67. The van der Waals surface area contributed by atoms with Gasteiger partial charge >= 0.3 is 6.69 Å². The summed E-state index contributed by atoms with van der Waals surface area (Å²) >= 11 is 0. The fourth-order valence-corrected chi connectivity index (χ4v) is 2.71. The van der Waals surface area contributed by atoms with Gasteiger partial charge in [-0.15, -0.1) is 5.46 Å². The molecule has 0 aromatic heterocycles. The third kappa shape index (κ3) is 2.30. The maximum Gasteiger partial charge on any atom is 0.343 e. The molecule has 3 unspecified atom stereocenters. The van der Waals surface area contributed by atoms with Crippen molar-refractivity contribution in [3.63, 3.8) is 0 Å². The van der Waals surface area contributed by atoms with Gasteiger partial charge in [-0.25, -0.2) is 0 Å². The molecule has 4 heteroatoms. The summed E-state index contributed by atoms with van der Waals surface area (Å²) < 4.78 is 5.94. The first kappa shape index (κ1) is 12.4. The summed E-state index contributed by atoms with van der Waals surface area (Å²) in [6, 6.07) is 19.6. The second kappa shape index (κ2) is 4.81. The Labute approximate surface area is 113 Å². The highest BCUT2D eigenvalue weighted by atomic mass is 16.6. The van der Waals surface area contributed by atoms with Crippen LogP contribution < -0.4 is 10.7 Å². The van der Waals surface area contributed by atoms with Crippen molar-refractivity contribution in [2.45, 2.75) is 19.1 Å². The lowest BCUT2D eigenvalue weighted by atomic mass is 9.65. The molecular weight excluding hydrogens is 237 g/mol. The van der Waals surface area contributed by atoms with Crippen LogP contribution in [0.3, 0.4) is 0 Å². The minimum absolute atomic E-state index is 0.0626. The summed E-state index contributed by atoms with van der Waals surface area (Å²) in [4.78, 5) is 0. The molecule has 1 aliphatic rings. The van der Waals surface area contributed by atoms with Gasteiger partial charge in [0.25, 0.3) is 0 Å². The maximum absolute atomic E-state index is 10.7. The van der Waals surface area contributed by atoms with Gasteiger partial charge in [0.2, 0.25) is 0 Å². The number of benzene rings is 2. The van der Waals surface area contributed by atoms with Gasteiger partial charge in [-0.1, -0.05) is 67.6 Å². The molecule has 0 bridgehead atoms. The van der Waals surface area contributed by atoms with Crippen LogP contribution in [0.4, 0.5) is 0 Å². The highest BCUT2D eigenvalue weighted by Gasteiger charge is 2.39. The summed E-state index contributed by atoms with van der Waals surface area (Å²) in [5, 5.41) is 13.9. The van der Waals surface area contributed by atoms with Crippen molar-refractivity contribution in [2.24, 2.45) is 0 Å². The van der Waals surface area contributed by atoms with Crippen LogP contribution >= 0.6 is 0 Å². The van der Waals surface area contributed by atoms with E-state index >= 15 is 0 Å². The van der Waals surface area contributed by atoms with Crippen LogP contribution in [0.5, 0.6) is 0 Å². The molecular formula is C15H17BNO2-. The van der Waals surface area contributed by atoms with Gasteiger partial charge in [-0.2, -0.15) is 0 Å². The quantitative estimate of drug-likeness (QED) is 0.799. The molecule has 0 spiro atoms. The van der Waals surface area contributed by atoms with Crippen molar-refractivity contribution in [3.8, 4) is 0 Å². The summed E-state index contributed by atoms with van der Waals surface area (Å²) in [5.74, 6) is 0. The van der Waals surface area contributed by atoms with E-state index < -0.39 is 6.69 Å². The highest BCUT2D eigenvalue weighted by Crippen LogP contribution is 2.29. The van der Waals surface area contributed by atoms with E-state index in [-0.39, 0.29) is 12.1 Å². The Bertz CT molecular complexity index is 549. The number of hydrogen-bond donors (Lipinski definition) is 2. The molecule has 0 amide bonds. The molecule has 0 aliphatic carbocycles. The predicted octanol–water partition coefficient (Wildman–Crippen LogP) is 1.57. The van der Waals surface area contributed by atoms with Crippen molar-refractivity contribution in [3.05, 3.63) is 66.2 Å². The summed E-state index contributed by atoms with van der Waals surface area (Å²) in [6.07, 6.45) is -0.133. The Morgan fingerprint density at radius 2 is 1.58 bits per heavy atom. The summed E-state index contributed by atoms with van der Waals surface area (Å²) in [6.45, 7) is -0.110. The first-order chi connectivity index (χ1) is 9.19. The zero-order valence-electron chi connectivity index (χ0n) is 10.9. The molecule has 3 atom stereocenters. The normalized spacial score (nSPS) is 30.4. The largest absolute Gasteiger partial charge is 0.566 e. The van der Waals surface area contributed by atoms with Crippen molar-refractivity contribution >= 4 is 12.1 Å². The second-order valence-corrected chi connectivity index (χ2v) is 5.08. The van der Waals surface area contributed by atoms with Gasteiger partial charge in [0.05, 0.1) is 6.10 Å². The standard InChI is InChI=1S/C15H17BNO2/c1-12-15(13-8-4-2-5-9-13)19-16(18,17-12)14-10-6-3-7-11-14/h2-12,15,17-18H,1H3/q-1. The fraction of sp³-hybridized carbons (Fsp3) is 0.200. The Kier molecular flexibility index (Phi) is 3.15. The van der Waals surface area contributed by atoms with E-state index in [1.165, 1.54) is 0 Å². The molecule has 19 heavy (non-hydrogen) atoms. The topological polar surface area (TPSA) is 41.5 Å². The molecule has 0 saturated carbocycles. The molecule has 2 aromatic rings. The van der Waals surface area contributed by atoms with Crippen LogP contribution in [0.2, 0.25) is 0 Å². The van der Waals surface area contributed by atoms with Gasteiger partial charge in [0.1, 0.15) is 0 Å². The Hall–Kier alpha value is -1.62. The van der Waals surface area contributed by atoms with Crippen molar-refractivity contribution in [1.82, 2.24) is 5.23 Å². The second-order valence-electron chi connectivity index (χ2n) is 5.08. The van der Waals surface area contributed by atoms with Crippen LogP contribution in [0, 0.1) is 0 Å². The highest BCUT2D eigenvalue weighted by molar-refractivity contribution is 6.78. The minimum Gasteiger partial charge on any atom is -0.566 e. The van der Waals surface area contributed by atoms with Crippen LogP contribution in [0.15, 0.2) is 60.7 Å². The summed E-state index contributed by atoms with van der Waals surface area (Å²) in [5.41, 5.74) is 1.86. The maximum atomic E-state index is 10.7. The Morgan fingerprint density at radius 3 is 2.21 bits per heavy atom. The number of rotatable bonds is 2. The van der Waals surface area contributed by atoms with Crippen LogP contribution in [0.1, 0.15) is 18.6 Å². The van der Waals surface area contributed by atoms with E-state index in [1.54, 1.807) is 0 Å². The SMILES string of the molecule is CC1N[B-](O)(c2ccccc2)OC1c1ccccc1. The van der Waals surface area contributed by atoms with Gasteiger partial charge in [0.15, 0.2) is 0 Å². The van der Waals surface area contributed by atoms with Crippen LogP contribution in [-0.2, 0) is 4.65 Å². The van der Waals surface area contributed by atoms with Crippen molar-refractivity contribution in [2.75, 3.05) is 0 Å². The van der Waals surface area contributed by atoms with Gasteiger partial charge in [-0.3, -0.25) is 0 Å². The molecule has 0 radical (unpaired) electrons. The molecule has 98 valence electrons. The molecule has 1 saturated heterocycles. The third-order valence-electron chi connectivity index (χ3n) is 3.67. The Morgan fingerprint density at radius 1 is 1.00 bits per heavy atom. The molecule has 3 rings (SSSR count). The Balaban J connectivity index is 1.90. The average Bonchev–Trinajstić information content (AvgIpc) is 2.77. The number of hydrogen-bond acceptors (Lipinski definition) is 3. The van der Waals surface area contributed by atoms with E-state index in [0.29, 0.717) is 0 Å². The molecule has 2 aromatic carbocycles. The first-order valence-electron chi connectivity index (χ1n) is 6.62. The van der Waals surface area contributed by atoms with Gasteiger partial charge in [0, 0.05) is 0 Å². The fourth-order valence-electron chi connectivity index (χ4n) is 2.71. The zero-order chi connectivity index (χ0) is 13.3. The summed E-state index contributed by atoms with van der Waals surface area (Å²) in [7, 11) is 0. The van der Waals surface area contributed by atoms with Gasteiger partial charge < -0.3 is 14.9 Å². The molecule has 1 aliphatic heterocycles. The first-order valence-corrected chi connectivity index (χ1v) is 6.62. The smallest absolute Gasteiger partial charge is 0.343 e. The van der Waals surface area contributed by atoms with E-state index in [9.17, 15) is 5.02 Å². The van der Waals surface area contributed by atoms with Crippen LogP contribution in [-0.4, -0.2) is 17.8 Å². The molecule has 1 heterocycles. The van der Waals surface area contributed by atoms with E-state index in [1.807, 2.05) is 67.6 Å². The lowest BCUT2D eigenvalue weighted by Gasteiger charge is -2.31. The lowest BCUT2D eigenvalue weighted by Crippen LogP contribution is -2.59. The monoisotopic (exact) mass is 254 g/mol. The molecule has 2 N–H and O–H groups in total. The molecule has 3 nitrogen and oxygen atoms in total. The minimum atomic E-state index is -2.14. The van der Waals surface area contributed by atoms with Crippen molar-refractivity contribution < 1.29 is 9.68 Å².